The smallest absolute Gasteiger partial charge is 0.146 e. The Hall–Kier alpha value is -1.91. The van der Waals surface area contributed by atoms with Crippen molar-refractivity contribution in [3.63, 3.8) is 0 Å². The average molecular weight is 258 g/mol. The van der Waals surface area contributed by atoms with Crippen molar-refractivity contribution in [2.75, 3.05) is 13.7 Å². The first-order chi connectivity index (χ1) is 9.33. The minimum atomic E-state index is 0.110. The van der Waals surface area contributed by atoms with Crippen LogP contribution < -0.4 is 10.1 Å². The number of nitrogens with zero attached hydrogens (tertiary/aromatic N) is 1. The maximum Gasteiger partial charge on any atom is 0.146 e. The number of aromatic nitrogens is 1. The summed E-state index contributed by atoms with van der Waals surface area (Å²) in [7, 11) is 1.89. The number of benzene rings is 1. The van der Waals surface area contributed by atoms with Crippen LogP contribution in [0.5, 0.6) is 11.5 Å². The first-order valence-corrected chi connectivity index (χ1v) is 6.28. The summed E-state index contributed by atoms with van der Waals surface area (Å²) in [6.07, 6.45) is 4.08. The molecule has 0 aliphatic carbocycles. The largest absolute Gasteiger partial charge is 0.455 e. The van der Waals surface area contributed by atoms with Crippen molar-refractivity contribution in [1.82, 2.24) is 10.3 Å². The molecule has 0 aliphatic heterocycles. The second kappa shape index (κ2) is 6.87. The van der Waals surface area contributed by atoms with Gasteiger partial charge in [-0.2, -0.15) is 0 Å². The quantitative estimate of drug-likeness (QED) is 0.833. The van der Waals surface area contributed by atoms with E-state index in [-0.39, 0.29) is 6.61 Å². The van der Waals surface area contributed by atoms with E-state index in [1.165, 1.54) is 0 Å². The summed E-state index contributed by atoms with van der Waals surface area (Å²) in [6.45, 7) is 0.862. The van der Waals surface area contributed by atoms with Gasteiger partial charge in [-0.15, -0.1) is 0 Å². The number of hydrogen-bond acceptors (Lipinski definition) is 4. The monoisotopic (exact) mass is 258 g/mol. The lowest BCUT2D eigenvalue weighted by Gasteiger charge is -2.11. The Bertz CT molecular complexity index is 529. The zero-order valence-corrected chi connectivity index (χ0v) is 11.0. The van der Waals surface area contributed by atoms with Gasteiger partial charge in [0.05, 0.1) is 6.20 Å². The van der Waals surface area contributed by atoms with Gasteiger partial charge in [0.1, 0.15) is 11.5 Å². The number of ether oxygens (including phenoxy) is 1. The molecule has 0 saturated carbocycles. The standard InChI is InChI=1S/C15H18N2O2/c1-16-9-12-8-14(11-17-10-12)19-15-5-3-2-4-13(15)6-7-18/h2-5,8,10-11,16,18H,6-7,9H2,1H3. The first kappa shape index (κ1) is 13.5. The Morgan fingerprint density at radius 1 is 1.26 bits per heavy atom. The molecule has 4 heteroatoms. The Balaban J connectivity index is 2.18. The Morgan fingerprint density at radius 2 is 2.11 bits per heavy atom. The summed E-state index contributed by atoms with van der Waals surface area (Å²) in [5, 5.41) is 12.1. The van der Waals surface area contributed by atoms with Crippen molar-refractivity contribution in [1.29, 1.82) is 0 Å². The van der Waals surface area contributed by atoms with Crippen LogP contribution in [0.2, 0.25) is 0 Å². The summed E-state index contributed by atoms with van der Waals surface area (Å²) in [5.41, 5.74) is 2.06. The van der Waals surface area contributed by atoms with Crippen LogP contribution >= 0.6 is 0 Å². The predicted molar refractivity (Wildman–Crippen MR) is 74.3 cm³/mol. The third-order valence-corrected chi connectivity index (χ3v) is 2.73. The lowest BCUT2D eigenvalue weighted by Crippen LogP contribution is -2.05. The van der Waals surface area contributed by atoms with Gasteiger partial charge in [-0.25, -0.2) is 0 Å². The molecule has 0 radical (unpaired) electrons. The molecule has 0 amide bonds. The van der Waals surface area contributed by atoms with Crippen molar-refractivity contribution < 1.29 is 9.84 Å². The van der Waals surface area contributed by atoms with Crippen LogP contribution in [-0.4, -0.2) is 23.7 Å². The fourth-order valence-electron chi connectivity index (χ4n) is 1.88. The molecule has 2 N–H and O–H groups in total. The minimum absolute atomic E-state index is 0.110. The molecule has 19 heavy (non-hydrogen) atoms. The number of aliphatic hydroxyl groups is 1. The van der Waals surface area contributed by atoms with Gasteiger partial charge in [0.15, 0.2) is 0 Å². The van der Waals surface area contributed by atoms with Crippen LogP contribution in [0.1, 0.15) is 11.1 Å². The highest BCUT2D eigenvalue weighted by molar-refractivity contribution is 5.38. The zero-order chi connectivity index (χ0) is 13.5. The molecule has 100 valence electrons. The fraction of sp³-hybridized carbons (Fsp3) is 0.267. The van der Waals surface area contributed by atoms with Gasteiger partial charge >= 0.3 is 0 Å². The topological polar surface area (TPSA) is 54.4 Å². The molecule has 0 fully saturated rings. The summed E-state index contributed by atoms with van der Waals surface area (Å²) in [4.78, 5) is 4.16. The molecular weight excluding hydrogens is 240 g/mol. The summed E-state index contributed by atoms with van der Waals surface area (Å²) < 4.78 is 5.85. The molecule has 0 unspecified atom stereocenters. The van der Waals surface area contributed by atoms with Crippen molar-refractivity contribution >= 4 is 0 Å². The van der Waals surface area contributed by atoms with E-state index in [1.54, 1.807) is 6.20 Å². The number of aliphatic hydroxyl groups excluding tert-OH is 1. The number of rotatable bonds is 6. The van der Waals surface area contributed by atoms with E-state index < -0.39 is 0 Å². The van der Waals surface area contributed by atoms with E-state index in [0.717, 1.165) is 23.4 Å². The van der Waals surface area contributed by atoms with E-state index in [4.69, 9.17) is 9.84 Å². The van der Waals surface area contributed by atoms with Crippen LogP contribution in [0.4, 0.5) is 0 Å². The van der Waals surface area contributed by atoms with Crippen LogP contribution in [0.3, 0.4) is 0 Å². The van der Waals surface area contributed by atoms with Gasteiger partial charge in [-0.05, 0) is 36.7 Å². The van der Waals surface area contributed by atoms with E-state index in [0.29, 0.717) is 12.2 Å². The highest BCUT2D eigenvalue weighted by Gasteiger charge is 2.04. The normalized spacial score (nSPS) is 10.4. The van der Waals surface area contributed by atoms with Crippen LogP contribution in [-0.2, 0) is 13.0 Å². The van der Waals surface area contributed by atoms with Crippen molar-refractivity contribution in [2.45, 2.75) is 13.0 Å². The molecule has 0 spiro atoms. The van der Waals surface area contributed by atoms with Gasteiger partial charge in [-0.1, -0.05) is 18.2 Å². The summed E-state index contributed by atoms with van der Waals surface area (Å²) >= 11 is 0. The van der Waals surface area contributed by atoms with Crippen molar-refractivity contribution in [2.24, 2.45) is 0 Å². The lowest BCUT2D eigenvalue weighted by atomic mass is 10.1. The van der Waals surface area contributed by atoms with Crippen molar-refractivity contribution in [3.05, 3.63) is 53.9 Å². The Labute approximate surface area is 113 Å². The van der Waals surface area contributed by atoms with Gasteiger partial charge in [0.2, 0.25) is 0 Å². The van der Waals surface area contributed by atoms with Crippen molar-refractivity contribution in [3.8, 4) is 11.5 Å². The summed E-state index contributed by atoms with van der Waals surface area (Å²) in [6, 6.07) is 9.67. The second-order valence-electron chi connectivity index (χ2n) is 4.24. The number of pyridine rings is 1. The highest BCUT2D eigenvalue weighted by Crippen LogP contribution is 2.25. The molecule has 0 bridgehead atoms. The van der Waals surface area contributed by atoms with Gasteiger partial charge < -0.3 is 15.2 Å². The molecular formula is C15H18N2O2. The highest BCUT2D eigenvalue weighted by atomic mass is 16.5. The Kier molecular flexibility index (Phi) is 4.89. The molecule has 1 aromatic carbocycles. The van der Waals surface area contributed by atoms with Gasteiger partial charge in [-0.3, -0.25) is 4.98 Å². The molecule has 0 atom stereocenters. The summed E-state index contributed by atoms with van der Waals surface area (Å²) in [5.74, 6) is 1.47. The van der Waals surface area contributed by atoms with Crippen LogP contribution in [0.25, 0.3) is 0 Å². The molecule has 0 aliphatic rings. The molecule has 0 saturated heterocycles. The van der Waals surface area contributed by atoms with E-state index >= 15 is 0 Å². The SMILES string of the molecule is CNCc1cncc(Oc2ccccc2CCO)c1. The van der Waals surface area contributed by atoms with Crippen LogP contribution in [0, 0.1) is 0 Å². The second-order valence-corrected chi connectivity index (χ2v) is 4.24. The molecule has 1 heterocycles. The third kappa shape index (κ3) is 3.77. The number of nitrogens with one attached hydrogen (secondary N) is 1. The maximum atomic E-state index is 9.05. The first-order valence-electron chi connectivity index (χ1n) is 6.28. The third-order valence-electron chi connectivity index (χ3n) is 2.73. The van der Waals surface area contributed by atoms with E-state index in [1.807, 2.05) is 43.6 Å². The van der Waals surface area contributed by atoms with E-state index in [2.05, 4.69) is 10.3 Å². The molecule has 4 nitrogen and oxygen atoms in total. The lowest BCUT2D eigenvalue weighted by molar-refractivity contribution is 0.298. The average Bonchev–Trinajstić information content (AvgIpc) is 2.42. The van der Waals surface area contributed by atoms with Crippen LogP contribution in [0.15, 0.2) is 42.7 Å². The number of para-hydroxylation sites is 1. The van der Waals surface area contributed by atoms with Gasteiger partial charge in [0, 0.05) is 19.3 Å². The van der Waals surface area contributed by atoms with E-state index in [9.17, 15) is 0 Å². The van der Waals surface area contributed by atoms with Gasteiger partial charge in [0.25, 0.3) is 0 Å². The number of hydrogen-bond donors (Lipinski definition) is 2. The predicted octanol–water partition coefficient (Wildman–Crippen LogP) is 2.13. The Morgan fingerprint density at radius 3 is 2.89 bits per heavy atom. The molecule has 1 aromatic heterocycles. The zero-order valence-electron chi connectivity index (χ0n) is 11.0. The molecule has 2 aromatic rings. The minimum Gasteiger partial charge on any atom is -0.455 e. The fourth-order valence-corrected chi connectivity index (χ4v) is 1.88. The molecule has 2 rings (SSSR count). The maximum absolute atomic E-state index is 9.05.